The zero-order chi connectivity index (χ0) is 17.6. The van der Waals surface area contributed by atoms with Crippen molar-refractivity contribution >= 4 is 17.7 Å². The zero-order valence-electron chi connectivity index (χ0n) is 14.8. The van der Waals surface area contributed by atoms with E-state index in [1.54, 1.807) is 6.20 Å². The second-order valence-electron chi connectivity index (χ2n) is 6.43. The Morgan fingerprint density at radius 2 is 2.12 bits per heavy atom. The summed E-state index contributed by atoms with van der Waals surface area (Å²) in [6, 6.07) is 11.3. The Kier molecular flexibility index (Phi) is 5.48. The third-order valence-electron chi connectivity index (χ3n) is 4.57. The normalized spacial score (nSPS) is 18.6. The van der Waals surface area contributed by atoms with E-state index in [4.69, 9.17) is 0 Å². The van der Waals surface area contributed by atoms with Gasteiger partial charge in [0.25, 0.3) is 0 Å². The molecule has 1 aliphatic rings. The summed E-state index contributed by atoms with van der Waals surface area (Å²) in [5.41, 5.74) is 0.965. The number of rotatable bonds is 6. The van der Waals surface area contributed by atoms with Crippen LogP contribution in [-0.2, 0) is 4.79 Å². The van der Waals surface area contributed by atoms with Crippen molar-refractivity contribution in [3.05, 3.63) is 48.2 Å². The van der Waals surface area contributed by atoms with Crippen LogP contribution in [0, 0.1) is 5.92 Å². The fraction of sp³-hybridized carbons (Fsp3) is 0.421. The third-order valence-corrected chi connectivity index (χ3v) is 4.57. The highest BCUT2D eigenvalue weighted by Gasteiger charge is 2.32. The number of nitrogens with one attached hydrogen (secondary N) is 2. The van der Waals surface area contributed by atoms with Crippen molar-refractivity contribution in [2.45, 2.75) is 26.3 Å². The van der Waals surface area contributed by atoms with E-state index in [0.717, 1.165) is 24.3 Å². The van der Waals surface area contributed by atoms with Crippen molar-refractivity contribution in [3.63, 3.8) is 0 Å². The van der Waals surface area contributed by atoms with Gasteiger partial charge in [-0.25, -0.2) is 4.98 Å². The molecule has 1 aromatic heterocycles. The molecule has 0 saturated carbocycles. The van der Waals surface area contributed by atoms with Crippen LogP contribution in [0.5, 0.6) is 0 Å². The highest BCUT2D eigenvalue weighted by Crippen LogP contribution is 2.28. The molecular weight excluding hydrogens is 314 g/mol. The van der Waals surface area contributed by atoms with Crippen LogP contribution in [0.3, 0.4) is 0 Å². The lowest BCUT2D eigenvalue weighted by Gasteiger charge is -2.36. The summed E-state index contributed by atoms with van der Waals surface area (Å²) in [6.45, 7) is 6.52. The number of anilines is 2. The van der Waals surface area contributed by atoms with Crippen molar-refractivity contribution in [1.29, 1.82) is 0 Å². The van der Waals surface area contributed by atoms with E-state index < -0.39 is 0 Å². The second kappa shape index (κ2) is 7.96. The van der Waals surface area contributed by atoms with E-state index >= 15 is 0 Å². The fourth-order valence-electron chi connectivity index (χ4n) is 2.88. The SMILES string of the molecule is CCC(C)CNc1nccc(N2CCNC(=O)C2c2ccccc2)n1. The lowest BCUT2D eigenvalue weighted by molar-refractivity contribution is -0.123. The van der Waals surface area contributed by atoms with E-state index in [2.05, 4.69) is 34.4 Å². The van der Waals surface area contributed by atoms with Gasteiger partial charge in [-0.3, -0.25) is 4.79 Å². The molecule has 132 valence electrons. The molecule has 6 heteroatoms. The summed E-state index contributed by atoms with van der Waals surface area (Å²) in [5, 5.41) is 6.24. The molecule has 1 fully saturated rings. The molecule has 1 aliphatic heterocycles. The van der Waals surface area contributed by atoms with Crippen LogP contribution >= 0.6 is 0 Å². The lowest BCUT2D eigenvalue weighted by atomic mass is 10.0. The summed E-state index contributed by atoms with van der Waals surface area (Å²) < 4.78 is 0. The maximum Gasteiger partial charge on any atom is 0.247 e. The number of carbonyl (C=O) groups excluding carboxylic acids is 1. The first-order valence-electron chi connectivity index (χ1n) is 8.85. The summed E-state index contributed by atoms with van der Waals surface area (Å²) in [6.07, 6.45) is 2.85. The largest absolute Gasteiger partial charge is 0.354 e. The standard InChI is InChI=1S/C19H25N5O/c1-3-14(2)13-22-19-21-10-9-16(23-19)24-12-11-20-18(25)17(24)15-7-5-4-6-8-15/h4-10,14,17H,3,11-13H2,1-2H3,(H,20,25)(H,21,22,23). The monoisotopic (exact) mass is 339 g/mol. The highest BCUT2D eigenvalue weighted by molar-refractivity contribution is 5.87. The van der Waals surface area contributed by atoms with Crippen LogP contribution in [-0.4, -0.2) is 35.5 Å². The van der Waals surface area contributed by atoms with Crippen molar-refractivity contribution in [3.8, 4) is 0 Å². The van der Waals surface area contributed by atoms with E-state index in [1.165, 1.54) is 0 Å². The van der Waals surface area contributed by atoms with Crippen molar-refractivity contribution < 1.29 is 4.79 Å². The Hall–Kier alpha value is -2.63. The molecule has 25 heavy (non-hydrogen) atoms. The molecule has 1 aromatic carbocycles. The number of hydrogen-bond acceptors (Lipinski definition) is 5. The molecule has 2 heterocycles. The second-order valence-corrected chi connectivity index (χ2v) is 6.43. The molecule has 2 N–H and O–H groups in total. The van der Waals surface area contributed by atoms with Gasteiger partial charge in [-0.05, 0) is 17.5 Å². The Morgan fingerprint density at radius 1 is 1.32 bits per heavy atom. The predicted molar refractivity (Wildman–Crippen MR) is 99.5 cm³/mol. The molecule has 0 aliphatic carbocycles. The molecule has 6 nitrogen and oxygen atoms in total. The smallest absolute Gasteiger partial charge is 0.247 e. The quantitative estimate of drug-likeness (QED) is 0.846. The molecule has 2 unspecified atom stereocenters. The summed E-state index contributed by atoms with van der Waals surface area (Å²) in [7, 11) is 0. The van der Waals surface area contributed by atoms with Gasteiger partial charge in [0.05, 0.1) is 0 Å². The first-order chi connectivity index (χ1) is 12.2. The molecule has 2 aromatic rings. The maximum atomic E-state index is 12.5. The number of aromatic nitrogens is 2. The van der Waals surface area contributed by atoms with Crippen LogP contribution < -0.4 is 15.5 Å². The van der Waals surface area contributed by atoms with Crippen LogP contribution in [0.15, 0.2) is 42.6 Å². The number of carbonyl (C=O) groups is 1. The number of nitrogens with zero attached hydrogens (tertiary/aromatic N) is 3. The maximum absolute atomic E-state index is 12.5. The Bertz CT molecular complexity index is 706. The van der Waals surface area contributed by atoms with Crippen LogP contribution in [0.25, 0.3) is 0 Å². The Balaban J connectivity index is 1.84. The van der Waals surface area contributed by atoms with Gasteiger partial charge in [-0.2, -0.15) is 4.98 Å². The number of benzene rings is 1. The topological polar surface area (TPSA) is 70.2 Å². The van der Waals surface area contributed by atoms with Gasteiger partial charge < -0.3 is 15.5 Å². The minimum atomic E-state index is -0.368. The Morgan fingerprint density at radius 3 is 2.88 bits per heavy atom. The van der Waals surface area contributed by atoms with Crippen LogP contribution in [0.2, 0.25) is 0 Å². The minimum Gasteiger partial charge on any atom is -0.354 e. The highest BCUT2D eigenvalue weighted by atomic mass is 16.2. The van der Waals surface area contributed by atoms with Crippen molar-refractivity contribution in [1.82, 2.24) is 15.3 Å². The van der Waals surface area contributed by atoms with Crippen LogP contribution in [0.4, 0.5) is 11.8 Å². The molecule has 2 atom stereocenters. The van der Waals surface area contributed by atoms with Crippen molar-refractivity contribution in [2.24, 2.45) is 5.92 Å². The molecule has 1 saturated heterocycles. The average Bonchev–Trinajstić information content (AvgIpc) is 2.66. The van der Waals surface area contributed by atoms with E-state index in [-0.39, 0.29) is 11.9 Å². The van der Waals surface area contributed by atoms with Gasteiger partial charge in [-0.15, -0.1) is 0 Å². The van der Waals surface area contributed by atoms with Gasteiger partial charge in [0, 0.05) is 25.8 Å². The first kappa shape index (κ1) is 17.2. The molecule has 3 rings (SSSR count). The Labute approximate surface area is 148 Å². The van der Waals surface area contributed by atoms with Gasteiger partial charge in [0.15, 0.2) is 0 Å². The van der Waals surface area contributed by atoms with Crippen LogP contribution in [0.1, 0.15) is 31.9 Å². The van der Waals surface area contributed by atoms with Gasteiger partial charge >= 0.3 is 0 Å². The average molecular weight is 339 g/mol. The summed E-state index contributed by atoms with van der Waals surface area (Å²) >= 11 is 0. The molecule has 0 bridgehead atoms. The lowest BCUT2D eigenvalue weighted by Crippen LogP contribution is -2.50. The van der Waals surface area contributed by atoms with E-state index in [1.807, 2.05) is 41.3 Å². The molecular formula is C19H25N5O. The van der Waals surface area contributed by atoms with Gasteiger partial charge in [0.2, 0.25) is 11.9 Å². The fourth-order valence-corrected chi connectivity index (χ4v) is 2.88. The minimum absolute atomic E-state index is 0.00479. The molecule has 1 amide bonds. The summed E-state index contributed by atoms with van der Waals surface area (Å²) in [5.74, 6) is 1.94. The molecule has 0 spiro atoms. The van der Waals surface area contributed by atoms with E-state index in [9.17, 15) is 4.79 Å². The predicted octanol–water partition coefficient (Wildman–Crippen LogP) is 2.61. The van der Waals surface area contributed by atoms with Gasteiger partial charge in [-0.1, -0.05) is 50.6 Å². The first-order valence-corrected chi connectivity index (χ1v) is 8.85. The third kappa shape index (κ3) is 4.07. The van der Waals surface area contributed by atoms with E-state index in [0.29, 0.717) is 25.0 Å². The van der Waals surface area contributed by atoms with Gasteiger partial charge in [0.1, 0.15) is 11.9 Å². The summed E-state index contributed by atoms with van der Waals surface area (Å²) in [4.78, 5) is 23.5. The zero-order valence-corrected chi connectivity index (χ0v) is 14.8. The number of piperazine rings is 1. The molecule has 0 radical (unpaired) electrons. The van der Waals surface area contributed by atoms with Crippen molar-refractivity contribution in [2.75, 3.05) is 29.9 Å². The number of amides is 1. The number of hydrogen-bond donors (Lipinski definition) is 2.